The molecule has 0 aliphatic carbocycles. The van der Waals surface area contributed by atoms with E-state index in [0.717, 1.165) is 22.1 Å². The Labute approximate surface area is 258 Å². The van der Waals surface area contributed by atoms with Crippen molar-refractivity contribution in [3.63, 3.8) is 0 Å². The molecule has 1 heterocycles. The Hall–Kier alpha value is -4.98. The van der Waals surface area contributed by atoms with Gasteiger partial charge in [0.05, 0.1) is 18.7 Å². The highest BCUT2D eigenvalue weighted by Gasteiger charge is 2.16. The SMILES string of the molecule is CCOc1ccc(C(=O)CCC(=O)Nc2cc(-c3ccccc3)c3ccc(/C=C/C(=O)OC(C)(C)C)cc3n2)cc1OCC. The maximum Gasteiger partial charge on any atom is 0.331 e. The lowest BCUT2D eigenvalue weighted by Gasteiger charge is -2.17. The van der Waals surface area contributed by atoms with Gasteiger partial charge in [0, 0.05) is 29.9 Å². The van der Waals surface area contributed by atoms with Crippen LogP contribution in [0.1, 0.15) is 63.4 Å². The molecule has 1 aromatic heterocycles. The van der Waals surface area contributed by atoms with Gasteiger partial charge in [0.25, 0.3) is 0 Å². The summed E-state index contributed by atoms with van der Waals surface area (Å²) in [6.45, 7) is 10.1. The third-order valence-electron chi connectivity index (χ3n) is 6.45. The highest BCUT2D eigenvalue weighted by molar-refractivity contribution is 6.02. The number of rotatable bonds is 12. The molecule has 0 saturated heterocycles. The molecule has 0 saturated carbocycles. The fourth-order valence-electron chi connectivity index (χ4n) is 4.57. The second-order valence-electron chi connectivity index (χ2n) is 11.1. The predicted molar refractivity (Wildman–Crippen MR) is 173 cm³/mol. The number of Topliss-reactive ketones (excluding diaryl/α,β-unsaturated/α-hetero) is 1. The highest BCUT2D eigenvalue weighted by atomic mass is 16.6. The van der Waals surface area contributed by atoms with E-state index in [1.54, 1.807) is 24.3 Å². The lowest BCUT2D eigenvalue weighted by atomic mass is 9.99. The summed E-state index contributed by atoms with van der Waals surface area (Å²) in [6, 6.07) is 22.4. The molecule has 8 heteroatoms. The van der Waals surface area contributed by atoms with Crippen molar-refractivity contribution in [1.29, 1.82) is 0 Å². The molecule has 8 nitrogen and oxygen atoms in total. The van der Waals surface area contributed by atoms with E-state index in [1.807, 2.05) is 89.2 Å². The topological polar surface area (TPSA) is 104 Å². The van der Waals surface area contributed by atoms with E-state index in [0.29, 0.717) is 41.6 Å². The van der Waals surface area contributed by atoms with Crippen molar-refractivity contribution < 1.29 is 28.6 Å². The van der Waals surface area contributed by atoms with Crippen LogP contribution in [0.15, 0.2) is 78.9 Å². The van der Waals surface area contributed by atoms with Crippen molar-refractivity contribution in [1.82, 2.24) is 4.98 Å². The van der Waals surface area contributed by atoms with E-state index in [-0.39, 0.29) is 24.5 Å². The Morgan fingerprint density at radius 1 is 0.841 bits per heavy atom. The smallest absolute Gasteiger partial charge is 0.331 e. The quantitative estimate of drug-likeness (QED) is 0.102. The van der Waals surface area contributed by atoms with Gasteiger partial charge in [-0.25, -0.2) is 9.78 Å². The Balaban J connectivity index is 1.54. The molecular formula is C36H38N2O6. The zero-order chi connectivity index (χ0) is 31.7. The van der Waals surface area contributed by atoms with E-state index in [1.165, 1.54) is 6.08 Å². The predicted octanol–water partition coefficient (Wildman–Crippen LogP) is 7.66. The Kier molecular flexibility index (Phi) is 10.5. The van der Waals surface area contributed by atoms with Crippen LogP contribution in [-0.4, -0.2) is 41.5 Å². The monoisotopic (exact) mass is 594 g/mol. The minimum atomic E-state index is -0.588. The average Bonchev–Trinajstić information content (AvgIpc) is 2.99. The number of hydrogen-bond acceptors (Lipinski definition) is 7. The molecule has 0 atom stereocenters. The maximum absolute atomic E-state index is 13.0. The number of amides is 1. The van der Waals surface area contributed by atoms with Crippen molar-refractivity contribution in [2.45, 2.75) is 53.1 Å². The zero-order valence-electron chi connectivity index (χ0n) is 25.8. The second kappa shape index (κ2) is 14.5. The Morgan fingerprint density at radius 3 is 2.27 bits per heavy atom. The van der Waals surface area contributed by atoms with E-state index >= 15 is 0 Å². The number of carbonyl (C=O) groups excluding carboxylic acids is 3. The molecule has 228 valence electrons. The van der Waals surface area contributed by atoms with Gasteiger partial charge >= 0.3 is 5.97 Å². The van der Waals surface area contributed by atoms with Crippen LogP contribution in [0.3, 0.4) is 0 Å². The first-order valence-corrected chi connectivity index (χ1v) is 14.7. The number of anilines is 1. The zero-order valence-corrected chi connectivity index (χ0v) is 25.8. The molecule has 1 N–H and O–H groups in total. The number of ketones is 1. The van der Waals surface area contributed by atoms with Gasteiger partial charge in [-0.15, -0.1) is 0 Å². The standard InChI is InChI=1S/C36H38N2O6/c1-6-42-31-18-15-26(22-32(31)43-7-2)30(39)17-19-34(40)38-33-23-28(25-11-9-8-10-12-25)27-16-13-24(21-29(27)37-33)14-20-35(41)44-36(3,4)5/h8-16,18,20-23H,6-7,17,19H2,1-5H3,(H,37,38,40)/b20-14+. The molecule has 4 rings (SSSR count). The first-order chi connectivity index (χ1) is 21.1. The van der Waals surface area contributed by atoms with Crippen LogP contribution in [0.4, 0.5) is 5.82 Å². The summed E-state index contributed by atoms with van der Waals surface area (Å²) in [4.78, 5) is 42.8. The van der Waals surface area contributed by atoms with Crippen LogP contribution in [-0.2, 0) is 14.3 Å². The molecule has 44 heavy (non-hydrogen) atoms. The van der Waals surface area contributed by atoms with Gasteiger partial charge in [0.15, 0.2) is 17.3 Å². The summed E-state index contributed by atoms with van der Waals surface area (Å²) in [5.74, 6) is 0.484. The summed E-state index contributed by atoms with van der Waals surface area (Å²) < 4.78 is 16.6. The lowest BCUT2D eigenvalue weighted by Crippen LogP contribution is -2.22. The van der Waals surface area contributed by atoms with Gasteiger partial charge in [-0.05, 0) is 87.7 Å². The molecule has 0 spiro atoms. The minimum Gasteiger partial charge on any atom is -0.490 e. The van der Waals surface area contributed by atoms with Crippen molar-refractivity contribution in [2.75, 3.05) is 18.5 Å². The number of hydrogen-bond donors (Lipinski definition) is 1. The number of aromatic nitrogens is 1. The molecule has 0 unspecified atom stereocenters. The maximum atomic E-state index is 13.0. The van der Waals surface area contributed by atoms with E-state index in [4.69, 9.17) is 19.2 Å². The molecule has 0 aliphatic rings. The number of nitrogens with one attached hydrogen (secondary N) is 1. The number of nitrogens with zero attached hydrogens (tertiary/aromatic N) is 1. The highest BCUT2D eigenvalue weighted by Crippen LogP contribution is 2.32. The van der Waals surface area contributed by atoms with Gasteiger partial charge in [0.2, 0.25) is 5.91 Å². The number of esters is 1. The Morgan fingerprint density at radius 2 is 1.57 bits per heavy atom. The second-order valence-corrected chi connectivity index (χ2v) is 11.1. The third-order valence-corrected chi connectivity index (χ3v) is 6.45. The fraction of sp³-hybridized carbons (Fsp3) is 0.278. The van der Waals surface area contributed by atoms with E-state index < -0.39 is 11.6 Å². The van der Waals surface area contributed by atoms with Crippen molar-refractivity contribution in [3.05, 3.63) is 90.0 Å². The van der Waals surface area contributed by atoms with Gasteiger partial charge in [-0.3, -0.25) is 9.59 Å². The molecule has 0 fully saturated rings. The number of carbonyl (C=O) groups is 3. The molecule has 0 radical (unpaired) electrons. The minimum absolute atomic E-state index is 0.0180. The summed E-state index contributed by atoms with van der Waals surface area (Å²) in [7, 11) is 0. The van der Waals surface area contributed by atoms with Crippen LogP contribution in [0.25, 0.3) is 28.1 Å². The van der Waals surface area contributed by atoms with Crippen molar-refractivity contribution >= 4 is 40.5 Å². The first kappa shape index (κ1) is 31.9. The summed E-state index contributed by atoms with van der Waals surface area (Å²) in [6.07, 6.45) is 3.06. The largest absolute Gasteiger partial charge is 0.490 e. The van der Waals surface area contributed by atoms with Crippen LogP contribution in [0.2, 0.25) is 0 Å². The molecule has 4 aromatic rings. The normalized spacial score (nSPS) is 11.4. The third kappa shape index (κ3) is 8.77. The van der Waals surface area contributed by atoms with E-state index in [9.17, 15) is 14.4 Å². The Bertz CT molecular complexity index is 1670. The lowest BCUT2D eigenvalue weighted by molar-refractivity contribution is -0.148. The van der Waals surface area contributed by atoms with Gasteiger partial charge in [-0.1, -0.05) is 42.5 Å². The molecular weight excluding hydrogens is 556 g/mol. The van der Waals surface area contributed by atoms with Crippen LogP contribution in [0, 0.1) is 0 Å². The molecule has 1 amide bonds. The number of ether oxygens (including phenoxy) is 3. The van der Waals surface area contributed by atoms with Gasteiger partial charge < -0.3 is 19.5 Å². The van der Waals surface area contributed by atoms with Crippen LogP contribution < -0.4 is 14.8 Å². The van der Waals surface area contributed by atoms with Gasteiger partial charge in [-0.2, -0.15) is 0 Å². The summed E-state index contributed by atoms with van der Waals surface area (Å²) in [5, 5.41) is 3.75. The van der Waals surface area contributed by atoms with Crippen molar-refractivity contribution in [3.8, 4) is 22.6 Å². The van der Waals surface area contributed by atoms with Crippen LogP contribution in [0.5, 0.6) is 11.5 Å². The van der Waals surface area contributed by atoms with Crippen LogP contribution >= 0.6 is 0 Å². The number of benzene rings is 3. The first-order valence-electron chi connectivity index (χ1n) is 14.7. The number of fused-ring (bicyclic) bond motifs is 1. The van der Waals surface area contributed by atoms with Crippen molar-refractivity contribution in [2.24, 2.45) is 0 Å². The summed E-state index contributed by atoms with van der Waals surface area (Å²) >= 11 is 0. The van der Waals surface area contributed by atoms with Gasteiger partial charge in [0.1, 0.15) is 11.4 Å². The average molecular weight is 595 g/mol. The fourth-order valence-corrected chi connectivity index (χ4v) is 4.57. The molecule has 0 bridgehead atoms. The number of pyridine rings is 1. The summed E-state index contributed by atoms with van der Waals surface area (Å²) in [5.41, 5.74) is 3.11. The van der Waals surface area contributed by atoms with E-state index in [2.05, 4.69) is 5.32 Å². The molecule has 0 aliphatic heterocycles. The molecule has 3 aromatic carbocycles.